The van der Waals surface area contributed by atoms with Crippen LogP contribution in [0.15, 0.2) is 18.2 Å². The number of halogens is 2. The van der Waals surface area contributed by atoms with Gasteiger partial charge in [-0.15, -0.1) is 0 Å². The van der Waals surface area contributed by atoms with E-state index < -0.39 is 0 Å². The van der Waals surface area contributed by atoms with Crippen LogP contribution in [0, 0.1) is 15.3 Å². The Morgan fingerprint density at radius 3 is 2.80 bits per heavy atom. The van der Waals surface area contributed by atoms with E-state index >= 15 is 0 Å². The summed E-state index contributed by atoms with van der Waals surface area (Å²) < 4.78 is 14.4. The molecule has 2 unspecified atom stereocenters. The molecule has 2 nitrogen and oxygen atoms in total. The third-order valence-corrected chi connectivity index (χ3v) is 5.71. The molecule has 1 aliphatic heterocycles. The molecule has 110 valence electrons. The van der Waals surface area contributed by atoms with E-state index in [0.29, 0.717) is 6.04 Å². The second kappa shape index (κ2) is 5.44. The van der Waals surface area contributed by atoms with Crippen LogP contribution in [0.2, 0.25) is 0 Å². The van der Waals surface area contributed by atoms with E-state index in [2.05, 4.69) is 46.7 Å². The Morgan fingerprint density at radius 1 is 1.45 bits per heavy atom. The van der Waals surface area contributed by atoms with Gasteiger partial charge in [0.2, 0.25) is 0 Å². The number of piperazine rings is 1. The van der Waals surface area contributed by atoms with Crippen molar-refractivity contribution in [2.45, 2.75) is 44.7 Å². The summed E-state index contributed by atoms with van der Waals surface area (Å²) in [5.74, 6) is 0.659. The summed E-state index contributed by atoms with van der Waals surface area (Å²) in [5.41, 5.74) is 1.40. The topological polar surface area (TPSA) is 15.3 Å². The van der Waals surface area contributed by atoms with Crippen molar-refractivity contribution in [3.63, 3.8) is 0 Å². The number of benzene rings is 1. The Bertz CT molecular complexity index is 503. The number of nitrogens with one attached hydrogen (secondary N) is 1. The molecule has 1 N–H and O–H groups in total. The standard InChI is InChI=1S/C16H22FIN2/c1-3-13-9-19-16(2,11-4-5-11)10-20(13)15-7-6-12(17)8-14(15)18/h6-8,11,13,19H,3-5,9-10H2,1-2H3. The summed E-state index contributed by atoms with van der Waals surface area (Å²) in [5, 5.41) is 3.77. The first-order valence-electron chi connectivity index (χ1n) is 7.50. The molecule has 20 heavy (non-hydrogen) atoms. The first kappa shape index (κ1) is 14.6. The van der Waals surface area contributed by atoms with Gasteiger partial charge in [0, 0.05) is 28.2 Å². The summed E-state index contributed by atoms with van der Waals surface area (Å²) in [6.07, 6.45) is 3.80. The first-order chi connectivity index (χ1) is 9.53. The summed E-state index contributed by atoms with van der Waals surface area (Å²) in [6.45, 7) is 6.63. The van der Waals surface area contributed by atoms with Crippen molar-refractivity contribution in [3.8, 4) is 0 Å². The minimum Gasteiger partial charge on any atom is -0.365 e. The van der Waals surface area contributed by atoms with Crippen LogP contribution in [0.5, 0.6) is 0 Å². The monoisotopic (exact) mass is 388 g/mol. The Labute approximate surface area is 134 Å². The Hall–Kier alpha value is -0.360. The molecule has 4 heteroatoms. The quantitative estimate of drug-likeness (QED) is 0.793. The molecular weight excluding hydrogens is 366 g/mol. The summed E-state index contributed by atoms with van der Waals surface area (Å²) in [4.78, 5) is 2.50. The Kier molecular flexibility index (Phi) is 3.97. The normalized spacial score (nSPS) is 30.6. The highest BCUT2D eigenvalue weighted by molar-refractivity contribution is 14.1. The SMILES string of the molecule is CCC1CNC(C)(C2CC2)CN1c1ccc(F)cc1I. The Balaban J connectivity index is 1.90. The lowest BCUT2D eigenvalue weighted by Gasteiger charge is -2.48. The van der Waals surface area contributed by atoms with Crippen LogP contribution < -0.4 is 10.2 Å². The van der Waals surface area contributed by atoms with E-state index in [0.717, 1.165) is 29.0 Å². The van der Waals surface area contributed by atoms with Gasteiger partial charge in [-0.05, 0) is 72.9 Å². The van der Waals surface area contributed by atoms with E-state index in [4.69, 9.17) is 0 Å². The van der Waals surface area contributed by atoms with Gasteiger partial charge < -0.3 is 10.2 Å². The van der Waals surface area contributed by atoms with Gasteiger partial charge in [0.25, 0.3) is 0 Å². The van der Waals surface area contributed by atoms with Crippen LogP contribution in [0.3, 0.4) is 0 Å². The lowest BCUT2D eigenvalue weighted by molar-refractivity contribution is 0.252. The zero-order valence-electron chi connectivity index (χ0n) is 12.1. The number of rotatable bonds is 3. The average molecular weight is 388 g/mol. The molecule has 0 amide bonds. The highest BCUT2D eigenvalue weighted by atomic mass is 127. The second-order valence-corrected chi connectivity index (χ2v) is 7.52. The smallest absolute Gasteiger partial charge is 0.124 e. The molecule has 1 saturated carbocycles. The third-order valence-electron chi connectivity index (χ3n) is 4.85. The van der Waals surface area contributed by atoms with Crippen LogP contribution >= 0.6 is 22.6 Å². The minimum atomic E-state index is -0.147. The molecule has 2 aliphatic rings. The van der Waals surface area contributed by atoms with E-state index in [-0.39, 0.29) is 11.4 Å². The van der Waals surface area contributed by atoms with Crippen LogP contribution in [0.1, 0.15) is 33.1 Å². The molecule has 0 spiro atoms. The maximum Gasteiger partial charge on any atom is 0.124 e. The highest BCUT2D eigenvalue weighted by Crippen LogP contribution is 2.42. The van der Waals surface area contributed by atoms with Gasteiger partial charge >= 0.3 is 0 Å². The largest absolute Gasteiger partial charge is 0.365 e. The molecule has 1 saturated heterocycles. The molecule has 2 fully saturated rings. The van der Waals surface area contributed by atoms with Gasteiger partial charge in [0.15, 0.2) is 0 Å². The summed E-state index contributed by atoms with van der Waals surface area (Å²) >= 11 is 2.26. The number of nitrogens with zero attached hydrogens (tertiary/aromatic N) is 1. The average Bonchev–Trinajstić information content (AvgIpc) is 3.23. The van der Waals surface area contributed by atoms with Crippen molar-refractivity contribution in [1.29, 1.82) is 0 Å². The van der Waals surface area contributed by atoms with E-state index in [9.17, 15) is 4.39 Å². The zero-order valence-corrected chi connectivity index (χ0v) is 14.3. The van der Waals surface area contributed by atoms with Crippen LogP contribution in [-0.4, -0.2) is 24.7 Å². The van der Waals surface area contributed by atoms with Gasteiger partial charge in [-0.25, -0.2) is 4.39 Å². The lowest BCUT2D eigenvalue weighted by atomic mass is 9.90. The maximum absolute atomic E-state index is 13.3. The van der Waals surface area contributed by atoms with Crippen molar-refractivity contribution in [2.75, 3.05) is 18.0 Å². The zero-order chi connectivity index (χ0) is 14.3. The second-order valence-electron chi connectivity index (χ2n) is 6.36. The molecular formula is C16H22FIN2. The fourth-order valence-corrected chi connectivity index (χ4v) is 4.14. The molecule has 0 radical (unpaired) electrons. The number of hydrogen-bond acceptors (Lipinski definition) is 2. The van der Waals surface area contributed by atoms with Crippen LogP contribution in [-0.2, 0) is 0 Å². The molecule has 1 heterocycles. The first-order valence-corrected chi connectivity index (χ1v) is 8.58. The summed E-state index contributed by atoms with van der Waals surface area (Å²) in [6, 6.07) is 5.67. The Morgan fingerprint density at radius 2 is 2.20 bits per heavy atom. The number of hydrogen-bond donors (Lipinski definition) is 1. The van der Waals surface area contributed by atoms with Crippen molar-refractivity contribution in [2.24, 2.45) is 5.92 Å². The maximum atomic E-state index is 13.3. The van der Waals surface area contributed by atoms with Crippen molar-refractivity contribution >= 4 is 28.3 Å². The van der Waals surface area contributed by atoms with Crippen LogP contribution in [0.4, 0.5) is 10.1 Å². The fraction of sp³-hybridized carbons (Fsp3) is 0.625. The summed E-state index contributed by atoms with van der Waals surface area (Å²) in [7, 11) is 0. The van der Waals surface area contributed by atoms with Crippen molar-refractivity contribution < 1.29 is 4.39 Å². The van der Waals surface area contributed by atoms with Gasteiger partial charge in [-0.2, -0.15) is 0 Å². The molecule has 3 rings (SSSR count). The number of anilines is 1. The molecule has 0 aromatic heterocycles. The van der Waals surface area contributed by atoms with E-state index in [1.807, 2.05) is 6.07 Å². The van der Waals surface area contributed by atoms with Gasteiger partial charge in [0.1, 0.15) is 5.82 Å². The molecule has 0 bridgehead atoms. The van der Waals surface area contributed by atoms with E-state index in [1.54, 1.807) is 12.1 Å². The van der Waals surface area contributed by atoms with Gasteiger partial charge in [0.05, 0.1) is 5.69 Å². The van der Waals surface area contributed by atoms with Gasteiger partial charge in [-0.1, -0.05) is 6.92 Å². The highest BCUT2D eigenvalue weighted by Gasteiger charge is 2.46. The van der Waals surface area contributed by atoms with E-state index in [1.165, 1.54) is 18.5 Å². The fourth-order valence-electron chi connectivity index (χ4n) is 3.35. The van der Waals surface area contributed by atoms with Gasteiger partial charge in [-0.3, -0.25) is 0 Å². The molecule has 1 aromatic rings. The molecule has 2 atom stereocenters. The van der Waals surface area contributed by atoms with Crippen molar-refractivity contribution in [3.05, 3.63) is 27.6 Å². The minimum absolute atomic E-state index is 0.147. The molecule has 1 aliphatic carbocycles. The molecule has 1 aromatic carbocycles. The van der Waals surface area contributed by atoms with Crippen molar-refractivity contribution in [1.82, 2.24) is 5.32 Å². The predicted molar refractivity (Wildman–Crippen MR) is 89.7 cm³/mol. The predicted octanol–water partition coefficient (Wildman–Crippen LogP) is 3.79. The van der Waals surface area contributed by atoms with Crippen LogP contribution in [0.25, 0.3) is 0 Å². The lowest BCUT2D eigenvalue weighted by Crippen LogP contribution is -2.64. The third kappa shape index (κ3) is 2.69.